The van der Waals surface area contributed by atoms with Gasteiger partial charge in [0.25, 0.3) is 0 Å². The van der Waals surface area contributed by atoms with Crippen molar-refractivity contribution in [2.24, 2.45) is 0 Å². The lowest BCUT2D eigenvalue weighted by atomic mass is 9.88. The number of amides is 2. The van der Waals surface area contributed by atoms with Gasteiger partial charge in [0.2, 0.25) is 6.79 Å². The van der Waals surface area contributed by atoms with Crippen LogP contribution in [-0.2, 0) is 20.6 Å². The molecule has 2 aromatic carbocycles. The Morgan fingerprint density at radius 2 is 1.06 bits per heavy atom. The molecule has 33 heavy (non-hydrogen) atoms. The first kappa shape index (κ1) is 25.7. The average molecular weight is 451 g/mol. The summed E-state index contributed by atoms with van der Waals surface area (Å²) in [6.45, 7) is 18.8. The molecular formula is C27H34N2O4. The van der Waals surface area contributed by atoms with Crippen LogP contribution in [0.1, 0.15) is 63.8 Å². The lowest BCUT2D eigenvalue weighted by Crippen LogP contribution is -2.43. The van der Waals surface area contributed by atoms with Crippen LogP contribution in [0.2, 0.25) is 0 Å². The minimum Gasteiger partial charge on any atom is -0.412 e. The van der Waals surface area contributed by atoms with Crippen LogP contribution in [0.25, 0.3) is 11.1 Å². The summed E-state index contributed by atoms with van der Waals surface area (Å²) in [6, 6.07) is 15.4. The second-order valence-corrected chi connectivity index (χ2v) is 9.13. The molecule has 2 aromatic rings. The third-order valence-corrected chi connectivity index (χ3v) is 5.33. The van der Waals surface area contributed by atoms with Gasteiger partial charge in [0, 0.05) is 0 Å². The Labute approximate surface area is 196 Å². The van der Waals surface area contributed by atoms with Crippen molar-refractivity contribution in [1.29, 1.82) is 0 Å². The molecule has 0 aliphatic carbocycles. The van der Waals surface area contributed by atoms with E-state index in [1.807, 2.05) is 90.1 Å². The fourth-order valence-corrected chi connectivity index (χ4v) is 3.65. The Morgan fingerprint density at radius 3 is 1.39 bits per heavy atom. The maximum absolute atomic E-state index is 12.3. The molecule has 0 heterocycles. The number of carbonyl (C=O) groups excluding carboxylic acids is 2. The number of hydrogen-bond donors (Lipinski definition) is 2. The highest BCUT2D eigenvalue weighted by Gasteiger charge is 2.28. The van der Waals surface area contributed by atoms with Gasteiger partial charge in [-0.3, -0.25) is 0 Å². The van der Waals surface area contributed by atoms with Crippen molar-refractivity contribution in [3.63, 3.8) is 0 Å². The number of allylic oxidation sites excluding steroid dienone is 2. The smallest absolute Gasteiger partial charge is 0.410 e. The largest absolute Gasteiger partial charge is 0.412 e. The van der Waals surface area contributed by atoms with Crippen molar-refractivity contribution in [2.45, 2.75) is 52.6 Å². The molecule has 6 heteroatoms. The number of rotatable bonds is 8. The fourth-order valence-electron chi connectivity index (χ4n) is 3.65. The zero-order chi connectivity index (χ0) is 24.8. The SMILES string of the molecule is C=C(C)c1ccccc1C(C)(C)NC(=O)OCOC(=O)NC(C)(C)c1ccccc1C(=C)C. The van der Waals surface area contributed by atoms with Crippen LogP contribution in [0.15, 0.2) is 61.7 Å². The predicted octanol–water partition coefficient (Wildman–Crippen LogP) is 6.33. The normalized spacial score (nSPS) is 11.3. The molecule has 2 rings (SSSR count). The topological polar surface area (TPSA) is 76.7 Å². The molecule has 6 nitrogen and oxygen atoms in total. The molecule has 2 amide bonds. The van der Waals surface area contributed by atoms with Crippen molar-refractivity contribution in [3.05, 3.63) is 83.9 Å². The Kier molecular flexibility index (Phi) is 8.09. The van der Waals surface area contributed by atoms with Crippen molar-refractivity contribution in [2.75, 3.05) is 6.79 Å². The zero-order valence-corrected chi connectivity index (χ0v) is 20.4. The highest BCUT2D eigenvalue weighted by atomic mass is 16.7. The van der Waals surface area contributed by atoms with Crippen molar-refractivity contribution < 1.29 is 19.1 Å². The van der Waals surface area contributed by atoms with E-state index in [4.69, 9.17) is 9.47 Å². The molecule has 0 fully saturated rings. The first-order valence-corrected chi connectivity index (χ1v) is 10.8. The minimum absolute atomic E-state index is 0.520. The number of hydrogen-bond acceptors (Lipinski definition) is 4. The van der Waals surface area contributed by atoms with E-state index in [1.54, 1.807) is 0 Å². The van der Waals surface area contributed by atoms with Gasteiger partial charge < -0.3 is 20.1 Å². The van der Waals surface area contributed by atoms with Gasteiger partial charge >= 0.3 is 12.2 Å². The number of carbonyl (C=O) groups is 2. The van der Waals surface area contributed by atoms with Gasteiger partial charge in [-0.25, -0.2) is 9.59 Å². The number of benzene rings is 2. The Balaban J connectivity index is 1.94. The van der Waals surface area contributed by atoms with Gasteiger partial charge in [0.1, 0.15) is 0 Å². The molecule has 0 atom stereocenters. The maximum Gasteiger partial charge on any atom is 0.410 e. The second-order valence-electron chi connectivity index (χ2n) is 9.13. The molecule has 0 saturated carbocycles. The Hall–Kier alpha value is -3.54. The van der Waals surface area contributed by atoms with Gasteiger partial charge in [-0.2, -0.15) is 0 Å². The number of ether oxygens (including phenoxy) is 2. The standard InChI is InChI=1S/C27H34N2O4/c1-18(2)20-13-9-11-15-22(20)26(5,6)28-24(30)32-17-33-25(31)29-27(7,8)23-16-12-10-14-21(23)19(3)4/h9-16H,1,3,17H2,2,4-8H3,(H,28,30)(H,29,31). The van der Waals surface area contributed by atoms with E-state index >= 15 is 0 Å². The molecule has 0 bridgehead atoms. The van der Waals surface area contributed by atoms with Crippen molar-refractivity contribution >= 4 is 23.3 Å². The van der Waals surface area contributed by atoms with E-state index in [2.05, 4.69) is 23.8 Å². The zero-order valence-electron chi connectivity index (χ0n) is 20.4. The minimum atomic E-state index is -0.719. The van der Waals surface area contributed by atoms with E-state index in [1.165, 1.54) is 0 Å². The highest BCUT2D eigenvalue weighted by Crippen LogP contribution is 2.29. The van der Waals surface area contributed by atoms with Crippen LogP contribution in [0.4, 0.5) is 9.59 Å². The van der Waals surface area contributed by atoms with Crippen LogP contribution in [0.5, 0.6) is 0 Å². The summed E-state index contributed by atoms with van der Waals surface area (Å²) in [4.78, 5) is 24.7. The van der Waals surface area contributed by atoms with E-state index < -0.39 is 30.1 Å². The molecule has 0 unspecified atom stereocenters. The molecule has 0 aliphatic rings. The lowest BCUT2D eigenvalue weighted by Gasteiger charge is -2.29. The quantitative estimate of drug-likeness (QED) is 0.461. The molecule has 0 saturated heterocycles. The third kappa shape index (κ3) is 6.72. The predicted molar refractivity (Wildman–Crippen MR) is 132 cm³/mol. The summed E-state index contributed by atoms with van der Waals surface area (Å²) in [5, 5.41) is 5.62. The maximum atomic E-state index is 12.3. The van der Waals surface area contributed by atoms with Crippen molar-refractivity contribution in [3.8, 4) is 0 Å². The summed E-state index contributed by atoms with van der Waals surface area (Å²) >= 11 is 0. The Bertz CT molecular complexity index is 970. The average Bonchev–Trinajstić information content (AvgIpc) is 2.73. The van der Waals surface area contributed by atoms with Gasteiger partial charge in [-0.15, -0.1) is 0 Å². The van der Waals surface area contributed by atoms with E-state index in [0.29, 0.717) is 0 Å². The summed E-state index contributed by atoms with van der Waals surface area (Å²) in [6.07, 6.45) is -1.40. The Morgan fingerprint density at radius 1 is 0.727 bits per heavy atom. The molecule has 0 aromatic heterocycles. The van der Waals surface area contributed by atoms with Crippen LogP contribution in [-0.4, -0.2) is 19.0 Å². The summed E-state index contributed by atoms with van der Waals surface area (Å²) < 4.78 is 10.2. The fraction of sp³-hybridized carbons (Fsp3) is 0.333. The molecule has 0 spiro atoms. The van der Waals surface area contributed by atoms with Crippen LogP contribution in [0.3, 0.4) is 0 Å². The van der Waals surface area contributed by atoms with Gasteiger partial charge in [0.15, 0.2) is 0 Å². The first-order chi connectivity index (χ1) is 15.3. The summed E-state index contributed by atoms with van der Waals surface area (Å²) in [7, 11) is 0. The summed E-state index contributed by atoms with van der Waals surface area (Å²) in [5.74, 6) is 0. The highest BCUT2D eigenvalue weighted by molar-refractivity contribution is 5.72. The van der Waals surface area contributed by atoms with Gasteiger partial charge in [0.05, 0.1) is 11.1 Å². The lowest BCUT2D eigenvalue weighted by molar-refractivity contribution is 0.0184. The van der Waals surface area contributed by atoms with E-state index in [0.717, 1.165) is 33.4 Å². The third-order valence-electron chi connectivity index (χ3n) is 5.33. The second kappa shape index (κ2) is 10.4. The van der Waals surface area contributed by atoms with Gasteiger partial charge in [-0.05, 0) is 63.8 Å². The van der Waals surface area contributed by atoms with Gasteiger partial charge in [-0.1, -0.05) is 72.8 Å². The van der Waals surface area contributed by atoms with Crippen molar-refractivity contribution in [1.82, 2.24) is 10.6 Å². The molecule has 2 N–H and O–H groups in total. The van der Waals surface area contributed by atoms with E-state index in [9.17, 15) is 9.59 Å². The number of alkyl carbamates (subject to hydrolysis) is 2. The molecule has 0 aliphatic heterocycles. The first-order valence-electron chi connectivity index (χ1n) is 10.8. The molecular weight excluding hydrogens is 416 g/mol. The van der Waals surface area contributed by atoms with Crippen LogP contribution in [0, 0.1) is 0 Å². The van der Waals surface area contributed by atoms with E-state index in [-0.39, 0.29) is 0 Å². The van der Waals surface area contributed by atoms with Crippen LogP contribution < -0.4 is 10.6 Å². The molecule has 176 valence electrons. The molecule has 0 radical (unpaired) electrons. The van der Waals surface area contributed by atoms with Crippen LogP contribution >= 0.6 is 0 Å². The monoisotopic (exact) mass is 450 g/mol. The summed E-state index contributed by atoms with van der Waals surface area (Å²) in [5.41, 5.74) is 4.07. The number of nitrogens with one attached hydrogen (secondary N) is 2.